The molecule has 1 saturated heterocycles. The Morgan fingerprint density at radius 2 is 1.63 bits per heavy atom. The van der Waals surface area contributed by atoms with Gasteiger partial charge in [-0.1, -0.05) is 48.5 Å². The van der Waals surface area contributed by atoms with Crippen molar-refractivity contribution in [1.29, 1.82) is 0 Å². The fourth-order valence-electron chi connectivity index (χ4n) is 4.73. The van der Waals surface area contributed by atoms with Crippen molar-refractivity contribution >= 4 is 11.6 Å². The molecule has 0 bridgehead atoms. The molecule has 0 spiro atoms. The summed E-state index contributed by atoms with van der Waals surface area (Å²) in [5.74, 6) is 0.603. The molecule has 1 amide bonds. The first-order chi connectivity index (χ1) is 17.2. The first-order valence-electron chi connectivity index (χ1n) is 12.0. The van der Waals surface area contributed by atoms with E-state index in [1.807, 2.05) is 73.9 Å². The Morgan fingerprint density at radius 3 is 2.40 bits per heavy atom. The molecule has 5 rings (SSSR count). The molecule has 1 aliphatic heterocycles. The monoisotopic (exact) mass is 466 g/mol. The van der Waals surface area contributed by atoms with E-state index < -0.39 is 0 Å². The molecule has 35 heavy (non-hydrogen) atoms. The summed E-state index contributed by atoms with van der Waals surface area (Å²) in [6.45, 7) is 2.65. The number of rotatable bonds is 7. The third kappa shape index (κ3) is 4.64. The van der Waals surface area contributed by atoms with Crippen LogP contribution in [0.3, 0.4) is 0 Å². The second-order valence-corrected chi connectivity index (χ2v) is 8.86. The van der Waals surface area contributed by atoms with Gasteiger partial charge in [-0.2, -0.15) is 5.10 Å². The van der Waals surface area contributed by atoms with Crippen LogP contribution in [0.5, 0.6) is 5.75 Å². The Bertz CT molecular complexity index is 1310. The van der Waals surface area contributed by atoms with Gasteiger partial charge in [0.25, 0.3) is 5.91 Å². The maximum absolute atomic E-state index is 13.8. The number of methoxy groups -OCH3 is 1. The van der Waals surface area contributed by atoms with E-state index in [9.17, 15) is 4.79 Å². The summed E-state index contributed by atoms with van der Waals surface area (Å²) in [6.07, 6.45) is 4.25. The fraction of sp³-hybridized carbons (Fsp3) is 0.241. The van der Waals surface area contributed by atoms with Crippen molar-refractivity contribution in [3.63, 3.8) is 0 Å². The molecule has 1 aliphatic rings. The van der Waals surface area contributed by atoms with Crippen molar-refractivity contribution in [3.8, 4) is 22.7 Å². The highest BCUT2D eigenvalue weighted by Gasteiger charge is 2.25. The summed E-state index contributed by atoms with van der Waals surface area (Å²) in [5, 5.41) is 4.83. The Hall–Kier alpha value is -4.06. The Morgan fingerprint density at radius 1 is 0.943 bits per heavy atom. The number of carbonyl (C=O) groups is 1. The van der Waals surface area contributed by atoms with Crippen LogP contribution in [0.1, 0.15) is 28.8 Å². The second-order valence-electron chi connectivity index (χ2n) is 8.86. The van der Waals surface area contributed by atoms with Crippen LogP contribution in [0.2, 0.25) is 0 Å². The van der Waals surface area contributed by atoms with Gasteiger partial charge in [0, 0.05) is 44.1 Å². The summed E-state index contributed by atoms with van der Waals surface area (Å²) < 4.78 is 7.36. The molecule has 0 radical (unpaired) electrons. The zero-order valence-corrected chi connectivity index (χ0v) is 20.2. The smallest absolute Gasteiger partial charge is 0.257 e. The van der Waals surface area contributed by atoms with Gasteiger partial charge in [-0.3, -0.25) is 4.79 Å². The molecule has 4 aromatic rings. The zero-order valence-electron chi connectivity index (χ0n) is 20.2. The van der Waals surface area contributed by atoms with Crippen LogP contribution in [0.25, 0.3) is 16.9 Å². The number of anilines is 1. The van der Waals surface area contributed by atoms with Crippen molar-refractivity contribution in [2.24, 2.45) is 0 Å². The topological polar surface area (TPSA) is 50.6 Å². The number of hydrogen-bond donors (Lipinski definition) is 0. The van der Waals surface area contributed by atoms with Gasteiger partial charge in [-0.15, -0.1) is 0 Å². The number of aromatic nitrogens is 2. The Balaban J connectivity index is 1.51. The molecule has 6 heteroatoms. The molecular formula is C29H30N4O2. The van der Waals surface area contributed by atoms with Crippen molar-refractivity contribution in [3.05, 3.63) is 96.2 Å². The van der Waals surface area contributed by atoms with E-state index in [0.717, 1.165) is 29.9 Å². The second kappa shape index (κ2) is 10.1. The molecule has 0 unspecified atom stereocenters. The number of nitrogens with zero attached hydrogens (tertiary/aromatic N) is 4. The highest BCUT2D eigenvalue weighted by Crippen LogP contribution is 2.33. The number of hydrogen-bond acceptors (Lipinski definition) is 4. The number of ether oxygens (including phenoxy) is 1. The van der Waals surface area contributed by atoms with Crippen LogP contribution in [0, 0.1) is 0 Å². The van der Waals surface area contributed by atoms with Gasteiger partial charge < -0.3 is 14.5 Å². The van der Waals surface area contributed by atoms with E-state index in [1.165, 1.54) is 18.5 Å². The molecule has 3 aromatic carbocycles. The largest absolute Gasteiger partial charge is 0.496 e. The lowest BCUT2D eigenvalue weighted by Gasteiger charge is -2.24. The minimum absolute atomic E-state index is 0.0793. The molecular weight excluding hydrogens is 436 g/mol. The van der Waals surface area contributed by atoms with Gasteiger partial charge in [0.15, 0.2) is 0 Å². The number of carbonyl (C=O) groups excluding carboxylic acids is 1. The van der Waals surface area contributed by atoms with Crippen LogP contribution in [0.4, 0.5) is 5.69 Å². The molecule has 0 N–H and O–H groups in total. The summed E-state index contributed by atoms with van der Waals surface area (Å²) in [6, 6.07) is 25.9. The predicted octanol–water partition coefficient (Wildman–Crippen LogP) is 5.42. The van der Waals surface area contributed by atoms with Crippen molar-refractivity contribution in [2.45, 2.75) is 19.4 Å². The van der Waals surface area contributed by atoms with E-state index in [-0.39, 0.29) is 5.91 Å². The first kappa shape index (κ1) is 22.7. The number of benzene rings is 3. The van der Waals surface area contributed by atoms with E-state index in [1.54, 1.807) is 16.7 Å². The van der Waals surface area contributed by atoms with Gasteiger partial charge in [0.1, 0.15) is 11.4 Å². The SMILES string of the molecule is COc1ccccc1-c1nn(-c2ccccc2)cc1C(=O)N(C)Cc1ccccc1N1CCCC1. The van der Waals surface area contributed by atoms with Crippen LogP contribution < -0.4 is 9.64 Å². The van der Waals surface area contributed by atoms with Crippen molar-refractivity contribution in [1.82, 2.24) is 14.7 Å². The fourth-order valence-corrected chi connectivity index (χ4v) is 4.73. The maximum atomic E-state index is 13.8. The lowest BCUT2D eigenvalue weighted by molar-refractivity contribution is 0.0786. The number of para-hydroxylation sites is 3. The van der Waals surface area contributed by atoms with E-state index in [2.05, 4.69) is 23.1 Å². The summed E-state index contributed by atoms with van der Waals surface area (Å²) in [4.78, 5) is 18.0. The van der Waals surface area contributed by atoms with Gasteiger partial charge in [-0.25, -0.2) is 4.68 Å². The van der Waals surface area contributed by atoms with E-state index in [0.29, 0.717) is 23.6 Å². The summed E-state index contributed by atoms with van der Waals surface area (Å²) >= 11 is 0. The Kier molecular flexibility index (Phi) is 6.53. The molecule has 0 aliphatic carbocycles. The Labute approximate surface area is 206 Å². The van der Waals surface area contributed by atoms with Crippen LogP contribution in [0.15, 0.2) is 85.1 Å². The van der Waals surface area contributed by atoms with Crippen molar-refractivity contribution in [2.75, 3.05) is 32.1 Å². The highest BCUT2D eigenvalue weighted by atomic mass is 16.5. The molecule has 0 atom stereocenters. The van der Waals surface area contributed by atoms with Crippen molar-refractivity contribution < 1.29 is 9.53 Å². The quantitative estimate of drug-likeness (QED) is 0.365. The van der Waals surface area contributed by atoms with Crippen LogP contribution >= 0.6 is 0 Å². The highest BCUT2D eigenvalue weighted by molar-refractivity contribution is 6.00. The molecule has 1 fully saturated rings. The van der Waals surface area contributed by atoms with Gasteiger partial charge in [0.05, 0.1) is 18.4 Å². The average molecular weight is 467 g/mol. The zero-order chi connectivity index (χ0) is 24.2. The van der Waals surface area contributed by atoms with Crippen LogP contribution in [-0.4, -0.2) is 47.8 Å². The normalized spacial score (nSPS) is 13.1. The summed E-state index contributed by atoms with van der Waals surface area (Å²) in [5.41, 5.74) is 5.20. The van der Waals surface area contributed by atoms with Gasteiger partial charge in [-0.05, 0) is 48.7 Å². The summed E-state index contributed by atoms with van der Waals surface area (Å²) in [7, 11) is 3.49. The molecule has 0 saturated carbocycles. The van der Waals surface area contributed by atoms with E-state index >= 15 is 0 Å². The van der Waals surface area contributed by atoms with Crippen LogP contribution in [-0.2, 0) is 6.54 Å². The molecule has 178 valence electrons. The lowest BCUT2D eigenvalue weighted by Crippen LogP contribution is -2.28. The predicted molar refractivity (Wildman–Crippen MR) is 139 cm³/mol. The molecule has 1 aromatic heterocycles. The standard InChI is InChI=1S/C29H30N4O2/c1-31(20-22-12-6-8-16-26(22)32-18-10-11-19-32)29(34)25-21-33(23-13-4-3-5-14-23)30-28(25)24-15-7-9-17-27(24)35-2/h3-9,12-17,21H,10-11,18-20H2,1-2H3. The lowest BCUT2D eigenvalue weighted by atomic mass is 10.1. The van der Waals surface area contributed by atoms with Gasteiger partial charge in [0.2, 0.25) is 0 Å². The third-order valence-corrected chi connectivity index (χ3v) is 6.52. The molecule has 2 heterocycles. The minimum Gasteiger partial charge on any atom is -0.496 e. The van der Waals surface area contributed by atoms with E-state index in [4.69, 9.17) is 9.84 Å². The minimum atomic E-state index is -0.0793. The first-order valence-corrected chi connectivity index (χ1v) is 12.0. The maximum Gasteiger partial charge on any atom is 0.257 e. The number of amides is 1. The van der Waals surface area contributed by atoms with Gasteiger partial charge >= 0.3 is 0 Å². The molecule has 6 nitrogen and oxygen atoms in total. The average Bonchev–Trinajstić information content (AvgIpc) is 3.60. The third-order valence-electron chi connectivity index (χ3n) is 6.52.